The number of carbonyl (C=O) groups excluding carboxylic acids is 2. The Hall–Kier alpha value is -3.63. The molecule has 0 radical (unpaired) electrons. The lowest BCUT2D eigenvalue weighted by molar-refractivity contribution is -0.129. The van der Waals surface area contributed by atoms with Crippen LogP contribution in [0.1, 0.15) is 92.4 Å². The van der Waals surface area contributed by atoms with Crippen molar-refractivity contribution in [3.05, 3.63) is 65.6 Å². The van der Waals surface area contributed by atoms with Gasteiger partial charge in [0.05, 0.1) is 24.2 Å². The summed E-state index contributed by atoms with van der Waals surface area (Å²) in [6, 6.07) is 9.92. The summed E-state index contributed by atoms with van der Waals surface area (Å²) in [7, 11) is 0. The van der Waals surface area contributed by atoms with Gasteiger partial charge in [0.25, 0.3) is 5.91 Å². The Morgan fingerprint density at radius 1 is 1.05 bits per heavy atom. The zero-order valence-electron chi connectivity index (χ0n) is 25.6. The molecule has 0 bridgehead atoms. The van der Waals surface area contributed by atoms with E-state index in [9.17, 15) is 18.4 Å². The van der Waals surface area contributed by atoms with Crippen LogP contribution in [0.3, 0.4) is 0 Å². The lowest BCUT2D eigenvalue weighted by atomic mass is 9.72. The van der Waals surface area contributed by atoms with Gasteiger partial charge in [-0.15, -0.1) is 10.2 Å². The van der Waals surface area contributed by atoms with Crippen molar-refractivity contribution in [1.82, 2.24) is 29.8 Å². The second-order valence-corrected chi connectivity index (χ2v) is 14.1. The molecule has 4 aliphatic rings. The summed E-state index contributed by atoms with van der Waals surface area (Å²) < 4.78 is 34.8. The largest absolute Gasteiger partial charge is 0.425 e. The summed E-state index contributed by atoms with van der Waals surface area (Å²) in [5, 5.41) is 13.0. The molecule has 7 rings (SSSR count). The van der Waals surface area contributed by atoms with Crippen LogP contribution in [0.25, 0.3) is 0 Å². The third kappa shape index (κ3) is 7.02. The molecule has 0 N–H and O–H groups in total. The van der Waals surface area contributed by atoms with Crippen LogP contribution in [0, 0.1) is 16.7 Å². The number of carbonyl (C=O) groups is 2. The molecule has 1 atom stereocenters. The standard InChI is InChI=1S/C28H32F2N6O3.C5H10/c29-28(30)10-8-20(9-11-28)6-7-24-32-33-25(39-24)23-15-35(18-27(23)16-34(17-27)19-37)26(38)22-12-31-36(14-22)13-21-4-2-1-3-5-21;1-5(2)3-4-5/h1-5,12,14,19-20,23H,6-11,13,15-18H2;3-4H2,1-2H3. The maximum absolute atomic E-state index is 13.5. The molecular formula is C33H42F2N6O3. The fourth-order valence-corrected chi connectivity index (χ4v) is 6.61. The normalized spacial score (nSPS) is 23.1. The van der Waals surface area contributed by atoms with Gasteiger partial charge in [-0.3, -0.25) is 14.3 Å². The van der Waals surface area contributed by atoms with E-state index in [1.165, 1.54) is 12.8 Å². The fraction of sp³-hybridized carbons (Fsp3) is 0.606. The van der Waals surface area contributed by atoms with Gasteiger partial charge < -0.3 is 14.2 Å². The first-order chi connectivity index (χ1) is 21.0. The number of amides is 2. The number of halogens is 2. The Labute approximate surface area is 257 Å². The van der Waals surface area contributed by atoms with Crippen LogP contribution in [0.2, 0.25) is 0 Å². The van der Waals surface area contributed by atoms with E-state index in [1.807, 2.05) is 30.3 Å². The number of hydrogen-bond donors (Lipinski definition) is 0. The molecule has 2 aliphatic heterocycles. The third-order valence-corrected chi connectivity index (χ3v) is 9.82. The molecule has 2 aromatic heterocycles. The van der Waals surface area contributed by atoms with E-state index in [0.29, 0.717) is 69.3 Å². The number of nitrogens with zero attached hydrogens (tertiary/aromatic N) is 6. The SMILES string of the molecule is CC1(C)CC1.O=CN1CC2(C1)CN(C(=O)c1cnn(Cc3ccccc3)c1)CC2c1nnc(CCC2CCC(F)(F)CC2)o1. The molecule has 44 heavy (non-hydrogen) atoms. The van der Waals surface area contributed by atoms with Gasteiger partial charge in [0.15, 0.2) is 0 Å². The van der Waals surface area contributed by atoms with Gasteiger partial charge in [-0.05, 0) is 49.0 Å². The molecule has 11 heteroatoms. The molecule has 4 fully saturated rings. The molecule has 4 heterocycles. The minimum Gasteiger partial charge on any atom is -0.425 e. The lowest BCUT2D eigenvalue weighted by Crippen LogP contribution is -2.59. The van der Waals surface area contributed by atoms with E-state index in [-0.39, 0.29) is 36.0 Å². The van der Waals surface area contributed by atoms with Gasteiger partial charge in [-0.25, -0.2) is 8.78 Å². The van der Waals surface area contributed by atoms with Crippen LogP contribution in [-0.2, 0) is 17.8 Å². The topological polar surface area (TPSA) is 97.4 Å². The van der Waals surface area contributed by atoms with Crippen molar-refractivity contribution in [2.75, 3.05) is 26.2 Å². The summed E-state index contributed by atoms with van der Waals surface area (Å²) in [5.41, 5.74) is 2.02. The monoisotopic (exact) mass is 608 g/mol. The number of benzene rings is 1. The molecule has 3 aromatic rings. The number of rotatable bonds is 8. The Kier molecular flexibility index (Phi) is 8.32. The van der Waals surface area contributed by atoms with Crippen molar-refractivity contribution in [1.29, 1.82) is 0 Å². The van der Waals surface area contributed by atoms with E-state index < -0.39 is 5.92 Å². The van der Waals surface area contributed by atoms with Gasteiger partial charge in [-0.2, -0.15) is 5.10 Å². The quantitative estimate of drug-likeness (QED) is 0.310. The highest BCUT2D eigenvalue weighted by Gasteiger charge is 2.57. The minimum absolute atomic E-state index is 0.0560. The smallest absolute Gasteiger partial charge is 0.257 e. The van der Waals surface area contributed by atoms with Crippen LogP contribution >= 0.6 is 0 Å². The van der Waals surface area contributed by atoms with Crippen molar-refractivity contribution in [2.24, 2.45) is 16.7 Å². The van der Waals surface area contributed by atoms with Gasteiger partial charge in [0.2, 0.25) is 24.1 Å². The molecule has 1 unspecified atom stereocenters. The Balaban J connectivity index is 0.000000625. The summed E-state index contributed by atoms with van der Waals surface area (Å²) in [6.45, 7) is 7.11. The molecule has 9 nitrogen and oxygen atoms in total. The number of aryl methyl sites for hydroxylation is 1. The fourth-order valence-electron chi connectivity index (χ4n) is 6.61. The Morgan fingerprint density at radius 3 is 2.41 bits per heavy atom. The Morgan fingerprint density at radius 2 is 1.75 bits per heavy atom. The summed E-state index contributed by atoms with van der Waals surface area (Å²) in [4.78, 5) is 28.3. The predicted octanol–water partition coefficient (Wildman–Crippen LogP) is 5.58. The zero-order valence-corrected chi connectivity index (χ0v) is 25.6. The first-order valence-corrected chi connectivity index (χ1v) is 15.8. The molecule has 1 spiro atoms. The molecule has 236 valence electrons. The van der Waals surface area contributed by atoms with E-state index in [1.54, 1.807) is 26.9 Å². The van der Waals surface area contributed by atoms with Crippen LogP contribution in [0.4, 0.5) is 8.78 Å². The van der Waals surface area contributed by atoms with Crippen molar-refractivity contribution < 1.29 is 22.8 Å². The number of likely N-dealkylation sites (tertiary alicyclic amines) is 2. The average Bonchev–Trinajstić information content (AvgIpc) is 3.41. The van der Waals surface area contributed by atoms with Crippen LogP contribution in [-0.4, -0.2) is 74.2 Å². The van der Waals surface area contributed by atoms with Crippen molar-refractivity contribution in [2.45, 2.75) is 83.6 Å². The summed E-state index contributed by atoms with van der Waals surface area (Å²) in [6.07, 6.45) is 9.29. The van der Waals surface area contributed by atoms with Crippen LogP contribution in [0.15, 0.2) is 47.1 Å². The second-order valence-electron chi connectivity index (χ2n) is 14.1. The van der Waals surface area contributed by atoms with E-state index in [4.69, 9.17) is 4.42 Å². The second kappa shape index (κ2) is 12.0. The number of alkyl halides is 2. The van der Waals surface area contributed by atoms with Gasteiger partial charge in [-0.1, -0.05) is 44.2 Å². The highest BCUT2D eigenvalue weighted by molar-refractivity contribution is 5.94. The lowest BCUT2D eigenvalue weighted by Gasteiger charge is -2.48. The van der Waals surface area contributed by atoms with E-state index in [0.717, 1.165) is 23.8 Å². The van der Waals surface area contributed by atoms with E-state index >= 15 is 0 Å². The van der Waals surface area contributed by atoms with Gasteiger partial charge in [0.1, 0.15) is 0 Å². The van der Waals surface area contributed by atoms with E-state index in [2.05, 4.69) is 29.1 Å². The first-order valence-electron chi connectivity index (χ1n) is 15.8. The molecule has 2 saturated carbocycles. The molecular weight excluding hydrogens is 566 g/mol. The minimum atomic E-state index is -2.53. The molecule has 2 saturated heterocycles. The van der Waals surface area contributed by atoms with Crippen LogP contribution < -0.4 is 0 Å². The highest BCUT2D eigenvalue weighted by atomic mass is 19.3. The molecule has 2 amide bonds. The van der Waals surface area contributed by atoms with Gasteiger partial charge >= 0.3 is 0 Å². The molecule has 1 aromatic carbocycles. The zero-order chi connectivity index (χ0) is 31.0. The highest BCUT2D eigenvalue weighted by Crippen LogP contribution is 2.49. The maximum atomic E-state index is 13.5. The number of aromatic nitrogens is 4. The van der Waals surface area contributed by atoms with Gasteiger partial charge in [0, 0.05) is 57.1 Å². The van der Waals surface area contributed by atoms with Crippen molar-refractivity contribution in [3.63, 3.8) is 0 Å². The van der Waals surface area contributed by atoms with Crippen molar-refractivity contribution >= 4 is 12.3 Å². The van der Waals surface area contributed by atoms with Crippen LogP contribution in [0.5, 0.6) is 0 Å². The third-order valence-electron chi connectivity index (χ3n) is 9.82. The average molecular weight is 609 g/mol. The van der Waals surface area contributed by atoms with Crippen molar-refractivity contribution in [3.8, 4) is 0 Å². The molecule has 2 aliphatic carbocycles. The predicted molar refractivity (Wildman–Crippen MR) is 159 cm³/mol. The maximum Gasteiger partial charge on any atom is 0.257 e. The number of hydrogen-bond acceptors (Lipinski definition) is 6. The summed E-state index contributed by atoms with van der Waals surface area (Å²) >= 11 is 0. The first kappa shape index (κ1) is 30.4. The Bertz CT molecular complexity index is 1430. The summed E-state index contributed by atoms with van der Waals surface area (Å²) in [5.74, 6) is -1.63.